The van der Waals surface area contributed by atoms with Crippen LogP contribution >= 0.6 is 11.6 Å². The van der Waals surface area contributed by atoms with Gasteiger partial charge in [-0.25, -0.2) is 4.68 Å². The van der Waals surface area contributed by atoms with Gasteiger partial charge in [0.25, 0.3) is 5.91 Å². The highest BCUT2D eigenvalue weighted by Crippen LogP contribution is 2.44. The number of halogens is 1. The van der Waals surface area contributed by atoms with Gasteiger partial charge in [-0.3, -0.25) is 9.48 Å². The monoisotopic (exact) mass is 535 g/mol. The Morgan fingerprint density at radius 1 is 1.21 bits per heavy atom. The molecule has 0 aliphatic carbocycles. The summed E-state index contributed by atoms with van der Waals surface area (Å²) >= 11 is 7.02. The zero-order valence-corrected chi connectivity index (χ0v) is 23.4. The molecule has 0 N–H and O–H groups in total. The molecule has 1 atom stereocenters. The highest BCUT2D eigenvalue weighted by atomic mass is 35.5. The Bertz CT molecular complexity index is 1470. The number of carbonyl (C=O) groups excluding carboxylic acids is 1. The van der Waals surface area contributed by atoms with E-state index in [1.165, 1.54) is 0 Å². The van der Waals surface area contributed by atoms with Crippen molar-refractivity contribution in [3.05, 3.63) is 58.4 Å². The summed E-state index contributed by atoms with van der Waals surface area (Å²) in [7, 11) is 5.34. The van der Waals surface area contributed by atoms with Crippen molar-refractivity contribution in [1.29, 1.82) is 0 Å². The summed E-state index contributed by atoms with van der Waals surface area (Å²) in [4.78, 5) is 14.5. The van der Waals surface area contributed by atoms with Gasteiger partial charge >= 0.3 is 0 Å². The van der Waals surface area contributed by atoms with E-state index in [-0.39, 0.29) is 12.1 Å². The molecule has 0 spiro atoms. The third-order valence-corrected chi connectivity index (χ3v) is 7.90. The number of nitrogens with zero attached hydrogens (tertiary/aromatic N) is 5. The van der Waals surface area contributed by atoms with Gasteiger partial charge in [0.05, 0.1) is 23.3 Å². The number of fused-ring (bicyclic) bond motifs is 1. The van der Waals surface area contributed by atoms with E-state index < -0.39 is 0 Å². The number of aromatic nitrogens is 4. The third-order valence-electron chi connectivity index (χ3n) is 7.42. The summed E-state index contributed by atoms with van der Waals surface area (Å²) in [5.74, 6) is -0.0493. The summed E-state index contributed by atoms with van der Waals surface area (Å²) in [6, 6.07) is 9.69. The Kier molecular flexibility index (Phi) is 7.56. The van der Waals surface area contributed by atoms with E-state index in [0.717, 1.165) is 70.4 Å². The maximum Gasteiger partial charge on any atom is 0.253 e. The summed E-state index contributed by atoms with van der Waals surface area (Å²) in [6.07, 6.45) is 4.96. The highest BCUT2D eigenvalue weighted by molar-refractivity contribution is 6.36. The van der Waals surface area contributed by atoms with Gasteiger partial charge in [-0.05, 0) is 56.9 Å². The lowest BCUT2D eigenvalue weighted by Crippen LogP contribution is -2.29. The van der Waals surface area contributed by atoms with Crippen LogP contribution in [0, 0.1) is 13.8 Å². The fraction of sp³-hybridized carbons (Fsp3) is 0.414. The molecule has 38 heavy (non-hydrogen) atoms. The SMILES string of the molecule is COCCN(C)C(=O)c1ccc(-c2nn(C)c(C)c2-c2c(Cl)c(C)cc3c2cnn3C2CCCCO2)cc1. The normalized spacial score (nSPS) is 15.8. The average molecular weight is 536 g/mol. The third kappa shape index (κ3) is 4.72. The van der Waals surface area contributed by atoms with Crippen LogP contribution in [0.4, 0.5) is 0 Å². The van der Waals surface area contributed by atoms with E-state index >= 15 is 0 Å². The zero-order valence-electron chi connectivity index (χ0n) is 22.6. The molecular weight excluding hydrogens is 502 g/mol. The van der Waals surface area contributed by atoms with Crippen molar-refractivity contribution in [2.45, 2.75) is 39.3 Å². The van der Waals surface area contributed by atoms with Gasteiger partial charge in [0.2, 0.25) is 0 Å². The van der Waals surface area contributed by atoms with Crippen LogP contribution in [0.5, 0.6) is 0 Å². The van der Waals surface area contributed by atoms with Crippen molar-refractivity contribution in [3.8, 4) is 22.4 Å². The molecule has 0 saturated carbocycles. The van der Waals surface area contributed by atoms with Crippen molar-refractivity contribution < 1.29 is 14.3 Å². The standard InChI is InChI=1S/C29H34ClN5O3/c1-18-16-23-22(17-31-35(23)24-8-6-7-14-38-24)26(27(18)30)25-19(2)34(4)32-28(25)20-9-11-21(12-10-20)29(36)33(3)13-15-37-5/h9-12,16-17,24H,6-8,13-15H2,1-5H3. The number of hydrogen-bond donors (Lipinski definition) is 0. The van der Waals surface area contributed by atoms with Crippen LogP contribution in [-0.4, -0.2) is 64.3 Å². The Morgan fingerprint density at radius 2 is 1.97 bits per heavy atom. The smallest absolute Gasteiger partial charge is 0.253 e. The predicted octanol–water partition coefficient (Wildman–Crippen LogP) is 5.79. The molecule has 8 nitrogen and oxygen atoms in total. The van der Waals surface area contributed by atoms with Crippen LogP contribution in [0.2, 0.25) is 5.02 Å². The summed E-state index contributed by atoms with van der Waals surface area (Å²) < 4.78 is 15.0. The zero-order chi connectivity index (χ0) is 27.0. The summed E-state index contributed by atoms with van der Waals surface area (Å²) in [5.41, 5.74) is 7.20. The second-order valence-electron chi connectivity index (χ2n) is 9.96. The van der Waals surface area contributed by atoms with E-state index in [2.05, 4.69) is 6.07 Å². The molecule has 0 bridgehead atoms. The summed E-state index contributed by atoms with van der Waals surface area (Å²) in [5, 5.41) is 11.3. The highest BCUT2D eigenvalue weighted by Gasteiger charge is 2.26. The van der Waals surface area contributed by atoms with Gasteiger partial charge in [-0.15, -0.1) is 0 Å². The molecular formula is C29H34ClN5O3. The van der Waals surface area contributed by atoms with Gasteiger partial charge in [0.1, 0.15) is 5.69 Å². The van der Waals surface area contributed by atoms with Crippen LogP contribution < -0.4 is 0 Å². The van der Waals surface area contributed by atoms with Crippen molar-refractivity contribution >= 4 is 28.4 Å². The van der Waals surface area contributed by atoms with E-state index in [1.54, 1.807) is 19.1 Å². The number of hydrogen-bond acceptors (Lipinski definition) is 5. The van der Waals surface area contributed by atoms with Crippen LogP contribution in [0.15, 0.2) is 36.5 Å². The molecule has 1 saturated heterocycles. The number of carbonyl (C=O) groups is 1. The minimum atomic E-state index is -0.0729. The second kappa shape index (κ2) is 10.9. The van der Waals surface area contributed by atoms with Crippen LogP contribution in [0.3, 0.4) is 0 Å². The minimum absolute atomic E-state index is 0.0493. The van der Waals surface area contributed by atoms with Gasteiger partial charge < -0.3 is 14.4 Å². The maximum atomic E-state index is 12.8. The summed E-state index contributed by atoms with van der Waals surface area (Å²) in [6.45, 7) is 5.84. The fourth-order valence-electron chi connectivity index (χ4n) is 5.11. The molecule has 1 unspecified atom stereocenters. The first-order valence-corrected chi connectivity index (χ1v) is 13.4. The number of ether oxygens (including phenoxy) is 2. The van der Waals surface area contributed by atoms with E-state index in [0.29, 0.717) is 23.7 Å². The van der Waals surface area contributed by atoms with Crippen molar-refractivity contribution in [1.82, 2.24) is 24.5 Å². The molecule has 2 aromatic carbocycles. The Hall–Kier alpha value is -3.20. The lowest BCUT2D eigenvalue weighted by molar-refractivity contribution is -0.0366. The molecule has 1 aliphatic heterocycles. The van der Waals surface area contributed by atoms with Gasteiger partial charge in [0, 0.05) is 67.7 Å². The number of rotatable bonds is 7. The lowest BCUT2D eigenvalue weighted by Gasteiger charge is -2.23. The van der Waals surface area contributed by atoms with Crippen molar-refractivity contribution in [2.75, 3.05) is 33.9 Å². The molecule has 200 valence electrons. The molecule has 4 aromatic rings. The minimum Gasteiger partial charge on any atom is -0.383 e. The quantitative estimate of drug-likeness (QED) is 0.299. The largest absolute Gasteiger partial charge is 0.383 e. The second-order valence-corrected chi connectivity index (χ2v) is 10.3. The van der Waals surface area contributed by atoms with Gasteiger partial charge in [-0.2, -0.15) is 10.2 Å². The molecule has 2 aromatic heterocycles. The van der Waals surface area contributed by atoms with Gasteiger partial charge in [-0.1, -0.05) is 23.7 Å². The number of amides is 1. The van der Waals surface area contributed by atoms with Crippen molar-refractivity contribution in [2.24, 2.45) is 7.05 Å². The molecule has 1 amide bonds. The number of methoxy groups -OCH3 is 1. The number of likely N-dealkylation sites (N-methyl/N-ethyl adjacent to an activating group) is 1. The van der Waals surface area contributed by atoms with E-state index in [9.17, 15) is 4.79 Å². The lowest BCUT2D eigenvalue weighted by atomic mass is 9.94. The first-order chi connectivity index (χ1) is 18.3. The Labute approximate surface area is 228 Å². The van der Waals surface area contributed by atoms with Crippen LogP contribution in [-0.2, 0) is 16.5 Å². The van der Waals surface area contributed by atoms with Crippen LogP contribution in [0.25, 0.3) is 33.3 Å². The number of benzene rings is 2. The molecule has 1 aliphatic rings. The van der Waals surface area contributed by atoms with E-state index in [4.69, 9.17) is 31.3 Å². The van der Waals surface area contributed by atoms with Crippen molar-refractivity contribution in [3.63, 3.8) is 0 Å². The average Bonchev–Trinajstić information content (AvgIpc) is 3.48. The molecule has 5 rings (SSSR count). The molecule has 0 radical (unpaired) electrons. The molecule has 1 fully saturated rings. The van der Waals surface area contributed by atoms with E-state index in [1.807, 2.05) is 60.7 Å². The predicted molar refractivity (Wildman–Crippen MR) is 150 cm³/mol. The Balaban J connectivity index is 1.59. The first kappa shape index (κ1) is 26.4. The molecule has 9 heteroatoms. The topological polar surface area (TPSA) is 74.4 Å². The Morgan fingerprint density at radius 3 is 2.66 bits per heavy atom. The fourth-order valence-corrected chi connectivity index (χ4v) is 5.36. The maximum absolute atomic E-state index is 12.8. The first-order valence-electron chi connectivity index (χ1n) is 13.0. The van der Waals surface area contributed by atoms with Gasteiger partial charge in [0.15, 0.2) is 6.23 Å². The number of aryl methyl sites for hydroxylation is 2. The van der Waals surface area contributed by atoms with Crippen LogP contribution in [0.1, 0.15) is 47.1 Å². The molecule has 3 heterocycles.